The summed E-state index contributed by atoms with van der Waals surface area (Å²) in [6, 6.07) is 19.0. The Labute approximate surface area is 168 Å². The number of nitrogens with one attached hydrogen (secondary N) is 1. The minimum absolute atomic E-state index is 0.303. The number of amides is 1. The molecule has 0 bridgehead atoms. The standard InChI is InChI=1S/C22H23N3O4/c1-16(22(27)23-14-15-29-19-10-8-18(28-2)9-11-19)25-21(26)13-12-20(24-25)17-6-4-3-5-7-17/h3-13,16H,14-15H2,1-2H3,(H,23,27). The molecular weight excluding hydrogens is 370 g/mol. The Morgan fingerprint density at radius 1 is 1.03 bits per heavy atom. The van der Waals surface area contributed by atoms with Crippen LogP contribution in [0.4, 0.5) is 0 Å². The number of aromatic nitrogens is 2. The molecule has 150 valence electrons. The van der Waals surface area contributed by atoms with E-state index >= 15 is 0 Å². The number of ether oxygens (including phenoxy) is 2. The maximum Gasteiger partial charge on any atom is 0.267 e. The van der Waals surface area contributed by atoms with Crippen LogP contribution in [0, 0.1) is 0 Å². The van der Waals surface area contributed by atoms with Gasteiger partial charge in [-0.25, -0.2) is 4.68 Å². The third kappa shape index (κ3) is 5.22. The highest BCUT2D eigenvalue weighted by molar-refractivity contribution is 5.79. The molecule has 1 unspecified atom stereocenters. The Kier molecular flexibility index (Phi) is 6.63. The van der Waals surface area contributed by atoms with Gasteiger partial charge in [0.15, 0.2) is 0 Å². The lowest BCUT2D eigenvalue weighted by atomic mass is 10.1. The van der Waals surface area contributed by atoms with Gasteiger partial charge in [0.2, 0.25) is 5.91 Å². The fourth-order valence-corrected chi connectivity index (χ4v) is 2.74. The lowest BCUT2D eigenvalue weighted by Gasteiger charge is -2.15. The molecule has 1 atom stereocenters. The molecule has 1 aromatic heterocycles. The zero-order valence-electron chi connectivity index (χ0n) is 16.4. The van der Waals surface area contributed by atoms with Crippen molar-refractivity contribution < 1.29 is 14.3 Å². The van der Waals surface area contributed by atoms with Crippen LogP contribution in [0.1, 0.15) is 13.0 Å². The van der Waals surface area contributed by atoms with E-state index in [1.165, 1.54) is 10.7 Å². The van der Waals surface area contributed by atoms with E-state index in [4.69, 9.17) is 9.47 Å². The van der Waals surface area contributed by atoms with Gasteiger partial charge in [-0.15, -0.1) is 0 Å². The van der Waals surface area contributed by atoms with E-state index < -0.39 is 6.04 Å². The van der Waals surface area contributed by atoms with Gasteiger partial charge < -0.3 is 14.8 Å². The molecule has 0 aliphatic rings. The van der Waals surface area contributed by atoms with Crippen molar-refractivity contribution in [2.24, 2.45) is 0 Å². The summed E-state index contributed by atoms with van der Waals surface area (Å²) >= 11 is 0. The summed E-state index contributed by atoms with van der Waals surface area (Å²) in [5, 5.41) is 7.13. The summed E-state index contributed by atoms with van der Waals surface area (Å²) in [5.41, 5.74) is 1.18. The van der Waals surface area contributed by atoms with Crippen molar-refractivity contribution in [3.63, 3.8) is 0 Å². The van der Waals surface area contributed by atoms with E-state index in [9.17, 15) is 9.59 Å². The highest BCUT2D eigenvalue weighted by atomic mass is 16.5. The molecule has 7 nitrogen and oxygen atoms in total. The number of carbonyl (C=O) groups excluding carboxylic acids is 1. The molecule has 3 aromatic rings. The summed E-state index contributed by atoms with van der Waals surface area (Å²) in [6.45, 7) is 2.25. The van der Waals surface area contributed by atoms with Crippen molar-refractivity contribution in [2.45, 2.75) is 13.0 Å². The zero-order valence-corrected chi connectivity index (χ0v) is 16.4. The van der Waals surface area contributed by atoms with Crippen molar-refractivity contribution in [2.75, 3.05) is 20.3 Å². The van der Waals surface area contributed by atoms with Crippen molar-refractivity contribution in [1.29, 1.82) is 0 Å². The molecule has 3 rings (SSSR count). The molecular formula is C22H23N3O4. The number of hydrogen-bond donors (Lipinski definition) is 1. The lowest BCUT2D eigenvalue weighted by Crippen LogP contribution is -2.38. The first-order valence-corrected chi connectivity index (χ1v) is 9.28. The number of carbonyl (C=O) groups is 1. The molecule has 0 fully saturated rings. The first-order chi connectivity index (χ1) is 14.1. The van der Waals surface area contributed by atoms with Gasteiger partial charge in [0.05, 0.1) is 19.3 Å². The van der Waals surface area contributed by atoms with Crippen molar-refractivity contribution in [1.82, 2.24) is 15.1 Å². The number of methoxy groups -OCH3 is 1. The lowest BCUT2D eigenvalue weighted by molar-refractivity contribution is -0.124. The predicted molar refractivity (Wildman–Crippen MR) is 110 cm³/mol. The van der Waals surface area contributed by atoms with Crippen LogP contribution in [0.5, 0.6) is 11.5 Å². The van der Waals surface area contributed by atoms with Gasteiger partial charge in [-0.3, -0.25) is 9.59 Å². The Bertz CT molecular complexity index is 1000. The Morgan fingerprint density at radius 2 is 1.72 bits per heavy atom. The summed E-state index contributed by atoms with van der Waals surface area (Å²) in [7, 11) is 1.60. The quantitative estimate of drug-likeness (QED) is 0.595. The van der Waals surface area contributed by atoms with Crippen molar-refractivity contribution >= 4 is 5.91 Å². The number of nitrogens with zero attached hydrogens (tertiary/aromatic N) is 2. The average Bonchev–Trinajstić information content (AvgIpc) is 2.77. The first kappa shape index (κ1) is 20.1. The van der Waals surface area contributed by atoms with E-state index in [0.717, 1.165) is 11.3 Å². The minimum Gasteiger partial charge on any atom is -0.497 e. The molecule has 1 N–H and O–H groups in total. The van der Waals surface area contributed by atoms with Gasteiger partial charge in [0, 0.05) is 11.6 Å². The summed E-state index contributed by atoms with van der Waals surface area (Å²) < 4.78 is 11.9. The Hall–Kier alpha value is -3.61. The SMILES string of the molecule is COc1ccc(OCCNC(=O)C(C)n2nc(-c3ccccc3)ccc2=O)cc1. The highest BCUT2D eigenvalue weighted by Crippen LogP contribution is 2.17. The van der Waals surface area contributed by atoms with E-state index in [1.807, 2.05) is 30.3 Å². The fraction of sp³-hybridized carbons (Fsp3) is 0.227. The van der Waals surface area contributed by atoms with Crippen LogP contribution in [0.3, 0.4) is 0 Å². The van der Waals surface area contributed by atoms with E-state index in [-0.39, 0.29) is 11.5 Å². The van der Waals surface area contributed by atoms with Gasteiger partial charge in [-0.1, -0.05) is 30.3 Å². The summed E-state index contributed by atoms with van der Waals surface area (Å²) in [4.78, 5) is 24.7. The van der Waals surface area contributed by atoms with Crippen molar-refractivity contribution in [3.05, 3.63) is 77.1 Å². The van der Waals surface area contributed by atoms with Crippen LogP contribution in [-0.4, -0.2) is 35.9 Å². The van der Waals surface area contributed by atoms with Gasteiger partial charge in [0.1, 0.15) is 24.1 Å². The third-order valence-electron chi connectivity index (χ3n) is 4.37. The molecule has 1 heterocycles. The maximum absolute atomic E-state index is 12.5. The normalized spacial score (nSPS) is 11.5. The summed E-state index contributed by atoms with van der Waals surface area (Å²) in [5.74, 6) is 1.12. The highest BCUT2D eigenvalue weighted by Gasteiger charge is 2.17. The topological polar surface area (TPSA) is 82.4 Å². The van der Waals surface area contributed by atoms with Crippen LogP contribution in [0.15, 0.2) is 71.5 Å². The van der Waals surface area contributed by atoms with E-state index in [2.05, 4.69) is 10.4 Å². The minimum atomic E-state index is -0.743. The summed E-state index contributed by atoms with van der Waals surface area (Å²) in [6.07, 6.45) is 0. The van der Waals surface area contributed by atoms with Gasteiger partial charge in [-0.05, 0) is 37.3 Å². The molecule has 7 heteroatoms. The van der Waals surface area contributed by atoms with Crippen LogP contribution >= 0.6 is 0 Å². The fourth-order valence-electron chi connectivity index (χ4n) is 2.74. The van der Waals surface area contributed by atoms with Gasteiger partial charge >= 0.3 is 0 Å². The van der Waals surface area contributed by atoms with E-state index in [0.29, 0.717) is 24.6 Å². The largest absolute Gasteiger partial charge is 0.497 e. The predicted octanol–water partition coefficient (Wildman–Crippen LogP) is 2.68. The van der Waals surface area contributed by atoms with Crippen LogP contribution in [-0.2, 0) is 4.79 Å². The zero-order chi connectivity index (χ0) is 20.6. The second-order valence-corrected chi connectivity index (χ2v) is 6.36. The van der Waals surface area contributed by atoms with Crippen LogP contribution in [0.25, 0.3) is 11.3 Å². The molecule has 0 saturated carbocycles. The van der Waals surface area contributed by atoms with Crippen LogP contribution < -0.4 is 20.3 Å². The first-order valence-electron chi connectivity index (χ1n) is 9.28. The molecule has 0 radical (unpaired) electrons. The smallest absolute Gasteiger partial charge is 0.267 e. The molecule has 1 amide bonds. The van der Waals surface area contributed by atoms with E-state index in [1.54, 1.807) is 44.4 Å². The number of rotatable bonds is 8. The second kappa shape index (κ2) is 9.54. The van der Waals surface area contributed by atoms with Crippen molar-refractivity contribution in [3.8, 4) is 22.8 Å². The number of hydrogen-bond acceptors (Lipinski definition) is 5. The second-order valence-electron chi connectivity index (χ2n) is 6.36. The molecule has 0 aliphatic carbocycles. The van der Waals surface area contributed by atoms with Gasteiger partial charge in [-0.2, -0.15) is 5.10 Å². The maximum atomic E-state index is 12.5. The average molecular weight is 393 g/mol. The third-order valence-corrected chi connectivity index (χ3v) is 4.37. The molecule has 0 saturated heterocycles. The van der Waals surface area contributed by atoms with Crippen LogP contribution in [0.2, 0.25) is 0 Å². The Morgan fingerprint density at radius 3 is 2.41 bits per heavy atom. The van der Waals surface area contributed by atoms with Gasteiger partial charge in [0.25, 0.3) is 5.56 Å². The molecule has 0 spiro atoms. The molecule has 2 aromatic carbocycles. The number of benzene rings is 2. The molecule has 29 heavy (non-hydrogen) atoms. The molecule has 0 aliphatic heterocycles. The monoisotopic (exact) mass is 393 g/mol. The Balaban J connectivity index is 1.57.